The lowest BCUT2D eigenvalue weighted by molar-refractivity contribution is -0.152. The Labute approximate surface area is 243 Å². The van der Waals surface area contributed by atoms with Crippen molar-refractivity contribution in [1.82, 2.24) is 19.7 Å². The second kappa shape index (κ2) is 12.3. The van der Waals surface area contributed by atoms with Crippen molar-refractivity contribution >= 4 is 25.1 Å². The molecule has 14 heteroatoms. The van der Waals surface area contributed by atoms with Crippen LogP contribution in [0.25, 0.3) is 5.52 Å². The number of carbonyl (C=O) groups excluding carboxylic acids is 1. The van der Waals surface area contributed by atoms with Crippen molar-refractivity contribution in [2.24, 2.45) is 5.92 Å². The van der Waals surface area contributed by atoms with Gasteiger partial charge in [-0.25, -0.2) is 14.1 Å². The first-order valence-corrected chi connectivity index (χ1v) is 15.6. The maximum atomic E-state index is 14.0. The molecule has 2 fully saturated rings. The number of aromatic nitrogens is 3. The number of nitrogen functional groups attached to an aromatic ring is 1. The number of benzene rings is 1. The van der Waals surface area contributed by atoms with Gasteiger partial charge >= 0.3 is 13.7 Å². The van der Waals surface area contributed by atoms with E-state index in [0.717, 1.165) is 25.7 Å². The summed E-state index contributed by atoms with van der Waals surface area (Å²) in [6, 6.07) is 10.7. The SMILES string of the molecule is CC1CCC(OC(=O)[C@H](C)N[P@@](=O)(OC[C@@]2(C)O[C@@H](c3ccc4c(N)ncnn34)[C@H](O)[C@@H]2O)Oc2ccccc2)CC1. The van der Waals surface area contributed by atoms with Gasteiger partial charge in [0.1, 0.15) is 53.7 Å². The predicted octanol–water partition coefficient (Wildman–Crippen LogP) is 3.17. The molecule has 1 aliphatic carbocycles. The number of anilines is 1. The molecule has 1 saturated carbocycles. The highest BCUT2D eigenvalue weighted by Crippen LogP contribution is 2.48. The summed E-state index contributed by atoms with van der Waals surface area (Å²) in [6.07, 6.45) is 0.767. The number of aliphatic hydroxyl groups is 2. The predicted molar refractivity (Wildman–Crippen MR) is 152 cm³/mol. The fourth-order valence-corrected chi connectivity index (χ4v) is 6.91. The Balaban J connectivity index is 1.31. The average molecular weight is 604 g/mol. The number of nitrogens with zero attached hydrogens (tertiary/aromatic N) is 3. The van der Waals surface area contributed by atoms with Crippen molar-refractivity contribution in [1.29, 1.82) is 0 Å². The van der Waals surface area contributed by atoms with E-state index in [-0.39, 0.29) is 17.7 Å². The molecule has 0 amide bonds. The van der Waals surface area contributed by atoms with E-state index in [0.29, 0.717) is 17.1 Å². The van der Waals surface area contributed by atoms with Gasteiger partial charge in [0.15, 0.2) is 5.82 Å². The number of esters is 1. The summed E-state index contributed by atoms with van der Waals surface area (Å²) < 4.78 is 38.9. The summed E-state index contributed by atoms with van der Waals surface area (Å²) in [5.41, 5.74) is 5.36. The van der Waals surface area contributed by atoms with E-state index < -0.39 is 50.3 Å². The summed E-state index contributed by atoms with van der Waals surface area (Å²) in [4.78, 5) is 16.9. The van der Waals surface area contributed by atoms with Crippen LogP contribution < -0.4 is 15.3 Å². The van der Waals surface area contributed by atoms with Gasteiger partial charge in [-0.1, -0.05) is 25.1 Å². The average Bonchev–Trinajstić information content (AvgIpc) is 3.49. The molecule has 0 bridgehead atoms. The van der Waals surface area contributed by atoms with Crippen LogP contribution >= 0.6 is 7.75 Å². The molecule has 3 aromatic rings. The van der Waals surface area contributed by atoms with Crippen LogP contribution in [0.15, 0.2) is 48.8 Å². The van der Waals surface area contributed by atoms with E-state index in [1.807, 2.05) is 0 Å². The van der Waals surface area contributed by atoms with E-state index >= 15 is 0 Å². The van der Waals surface area contributed by atoms with Gasteiger partial charge in [-0.15, -0.1) is 0 Å². The second-order valence-corrected chi connectivity index (χ2v) is 13.0. The molecule has 3 heterocycles. The Morgan fingerprint density at radius 1 is 1.21 bits per heavy atom. The van der Waals surface area contributed by atoms with E-state index in [1.165, 1.54) is 24.7 Å². The smallest absolute Gasteiger partial charge is 0.459 e. The van der Waals surface area contributed by atoms with Crippen LogP contribution in [-0.4, -0.2) is 67.3 Å². The zero-order valence-corrected chi connectivity index (χ0v) is 24.7. The van der Waals surface area contributed by atoms with Crippen LogP contribution in [0.5, 0.6) is 5.75 Å². The largest absolute Gasteiger partial charge is 0.461 e. The first-order chi connectivity index (χ1) is 20.0. The van der Waals surface area contributed by atoms with Crippen LogP contribution in [0.3, 0.4) is 0 Å². The third-order valence-electron chi connectivity index (χ3n) is 7.90. The molecule has 13 nitrogen and oxygen atoms in total. The molecule has 6 atom stereocenters. The normalized spacial score (nSPS) is 30.1. The first-order valence-electron chi connectivity index (χ1n) is 14.1. The fraction of sp³-hybridized carbons (Fsp3) is 0.536. The number of nitrogens with two attached hydrogens (primary N) is 1. The minimum Gasteiger partial charge on any atom is -0.461 e. The van der Waals surface area contributed by atoms with Gasteiger partial charge < -0.3 is 29.9 Å². The van der Waals surface area contributed by atoms with Gasteiger partial charge in [0.05, 0.1) is 12.3 Å². The lowest BCUT2D eigenvalue weighted by Gasteiger charge is -2.31. The molecule has 228 valence electrons. The molecule has 2 aromatic heterocycles. The standard InChI is InChI=1S/C28H38N5O8P/c1-17-9-11-19(12-10-17)39-27(36)18(2)32-42(37,41-20-7-5-4-6-8-20)38-15-28(3)25(35)23(34)24(40-28)21-13-14-22-26(29)30-16-31-33(21)22/h4-8,13-14,16-19,23-25,34-35H,9-12,15H2,1-3H3,(H,32,37)(H2,29,30,31)/t17?,18-,19?,23-,24-,25-,28+,42+/m0/s1. The van der Waals surface area contributed by atoms with Crippen molar-refractivity contribution in [3.05, 3.63) is 54.5 Å². The van der Waals surface area contributed by atoms with E-state index in [2.05, 4.69) is 22.1 Å². The zero-order valence-electron chi connectivity index (χ0n) is 23.8. The molecule has 0 spiro atoms. The number of fused-ring (bicyclic) bond motifs is 1. The van der Waals surface area contributed by atoms with Crippen LogP contribution in [0, 0.1) is 5.92 Å². The summed E-state index contributed by atoms with van der Waals surface area (Å²) in [5, 5.41) is 28.8. The molecule has 1 aliphatic heterocycles. The van der Waals surface area contributed by atoms with Gasteiger partial charge in [0, 0.05) is 0 Å². The Morgan fingerprint density at radius 3 is 2.64 bits per heavy atom. The van der Waals surface area contributed by atoms with Crippen molar-refractivity contribution in [3.8, 4) is 5.75 Å². The highest BCUT2D eigenvalue weighted by molar-refractivity contribution is 7.52. The number of hydrogen-bond acceptors (Lipinski definition) is 11. The minimum atomic E-state index is -4.25. The third-order valence-corrected chi connectivity index (χ3v) is 9.52. The summed E-state index contributed by atoms with van der Waals surface area (Å²) in [6.45, 7) is 4.76. The second-order valence-electron chi connectivity index (χ2n) is 11.3. The zero-order chi connectivity index (χ0) is 30.1. The Bertz CT molecular complexity index is 1430. The number of para-hydroxylation sites is 1. The van der Waals surface area contributed by atoms with Crippen molar-refractivity contribution < 1.29 is 38.1 Å². The fourth-order valence-electron chi connectivity index (χ4n) is 5.33. The summed E-state index contributed by atoms with van der Waals surface area (Å²) in [5.74, 6) is 0.503. The van der Waals surface area contributed by atoms with Crippen molar-refractivity contribution in [2.75, 3.05) is 12.3 Å². The molecule has 1 saturated heterocycles. The molecule has 42 heavy (non-hydrogen) atoms. The first kappa shape index (κ1) is 30.4. The molecule has 5 N–H and O–H groups in total. The minimum absolute atomic E-state index is 0.196. The van der Waals surface area contributed by atoms with Gasteiger partial charge in [-0.3, -0.25) is 9.32 Å². The third kappa shape index (κ3) is 6.46. The monoisotopic (exact) mass is 603 g/mol. The van der Waals surface area contributed by atoms with Crippen LogP contribution in [0.1, 0.15) is 58.3 Å². The van der Waals surface area contributed by atoms with Gasteiger partial charge in [0.2, 0.25) is 0 Å². The highest BCUT2D eigenvalue weighted by atomic mass is 31.2. The van der Waals surface area contributed by atoms with Crippen LogP contribution in [0.2, 0.25) is 0 Å². The molecule has 0 radical (unpaired) electrons. The number of ether oxygens (including phenoxy) is 2. The Hall–Kier alpha value is -3.06. The highest BCUT2D eigenvalue weighted by Gasteiger charge is 2.54. The summed E-state index contributed by atoms with van der Waals surface area (Å²) >= 11 is 0. The topological polar surface area (TPSA) is 180 Å². The lowest BCUT2D eigenvalue weighted by atomic mass is 9.89. The van der Waals surface area contributed by atoms with E-state index in [4.69, 9.17) is 24.3 Å². The van der Waals surface area contributed by atoms with E-state index in [1.54, 1.807) is 42.5 Å². The molecule has 5 rings (SSSR count). The summed E-state index contributed by atoms with van der Waals surface area (Å²) in [7, 11) is -4.25. The number of aliphatic hydroxyl groups excluding tert-OH is 2. The Kier molecular flexibility index (Phi) is 8.89. The van der Waals surface area contributed by atoms with Crippen molar-refractivity contribution in [3.63, 3.8) is 0 Å². The maximum absolute atomic E-state index is 14.0. The quantitative estimate of drug-likeness (QED) is 0.197. The number of rotatable bonds is 10. The Morgan fingerprint density at radius 2 is 1.93 bits per heavy atom. The maximum Gasteiger partial charge on any atom is 0.459 e. The number of carbonyl (C=O) groups is 1. The lowest BCUT2D eigenvalue weighted by Crippen LogP contribution is -2.45. The van der Waals surface area contributed by atoms with Crippen LogP contribution in [0.4, 0.5) is 5.82 Å². The number of nitrogens with one attached hydrogen (secondary N) is 1. The molecule has 2 aliphatic rings. The molecule has 0 unspecified atom stereocenters. The number of hydrogen-bond donors (Lipinski definition) is 4. The van der Waals surface area contributed by atoms with Gasteiger partial charge in [0.25, 0.3) is 0 Å². The van der Waals surface area contributed by atoms with Crippen molar-refractivity contribution in [2.45, 2.75) is 82.5 Å². The molecular weight excluding hydrogens is 565 g/mol. The molecule has 1 aromatic carbocycles. The molecular formula is C28H38N5O8P. The van der Waals surface area contributed by atoms with Crippen LogP contribution in [-0.2, 0) is 23.4 Å². The van der Waals surface area contributed by atoms with Gasteiger partial charge in [-0.2, -0.15) is 10.2 Å². The van der Waals surface area contributed by atoms with E-state index in [9.17, 15) is 19.6 Å². The van der Waals surface area contributed by atoms with Gasteiger partial charge in [-0.05, 0) is 69.7 Å².